The highest BCUT2D eigenvalue weighted by Crippen LogP contribution is 2.36. The number of carbonyl (C=O) groups is 2. The number of aromatic hydroxyl groups is 6. The van der Waals surface area contributed by atoms with Gasteiger partial charge in [0.25, 0.3) is 0 Å². The maximum atomic E-state index is 10.3. The van der Waals surface area contributed by atoms with Gasteiger partial charge in [-0.3, -0.25) is 0 Å². The van der Waals surface area contributed by atoms with E-state index < -0.39 is 46.4 Å². The van der Waals surface area contributed by atoms with Gasteiger partial charge < -0.3 is 60.5 Å². The minimum Gasteiger partial charge on any atom is -0.504 e. The minimum atomic E-state index is -1.29. The van der Waals surface area contributed by atoms with E-state index in [9.17, 15) is 9.59 Å². The molecule has 0 aromatic heterocycles. The summed E-state index contributed by atoms with van der Waals surface area (Å²) < 4.78 is 9.75. The monoisotopic (exact) mass is 490 g/mol. The van der Waals surface area contributed by atoms with Crippen LogP contribution in [0.15, 0.2) is 24.3 Å². The predicted octanol–water partition coefficient (Wildman–Crippen LogP) is 0.00740. The Kier molecular flexibility index (Phi) is 13.9. The summed E-state index contributed by atoms with van der Waals surface area (Å²) in [6, 6.07) is 3.38. The van der Waals surface area contributed by atoms with E-state index in [2.05, 4.69) is 0 Å². The summed E-state index contributed by atoms with van der Waals surface area (Å²) in [6.07, 6.45) is 0. The number of phenols is 6. The second-order valence-corrected chi connectivity index (χ2v) is 6.01. The van der Waals surface area contributed by atoms with Gasteiger partial charge in [0.2, 0.25) is 0 Å². The molecule has 0 atom stereocenters. The van der Waals surface area contributed by atoms with Gasteiger partial charge in [0.1, 0.15) is 0 Å². The molecule has 34 heavy (non-hydrogen) atoms. The third-order valence-electron chi connectivity index (χ3n) is 3.48. The number of aromatic carboxylic acids is 2. The lowest BCUT2D eigenvalue weighted by molar-refractivity contribution is 0.0222. The SMILES string of the molecule is O=C(O)c1cc(O)c(O)c(O)c1.O=C(O)c1cc(O)c(O)c(O)c1.OCCOCCOCCO. The van der Waals surface area contributed by atoms with Gasteiger partial charge in [0, 0.05) is 0 Å². The second kappa shape index (κ2) is 15.8. The smallest absolute Gasteiger partial charge is 0.335 e. The molecule has 0 unspecified atom stereocenters. The average Bonchev–Trinajstić information content (AvgIpc) is 2.78. The lowest BCUT2D eigenvalue weighted by Crippen LogP contribution is -2.09. The lowest BCUT2D eigenvalue weighted by atomic mass is 10.2. The molecule has 0 aliphatic heterocycles. The van der Waals surface area contributed by atoms with Crippen LogP contribution in [-0.2, 0) is 9.47 Å². The maximum absolute atomic E-state index is 10.3. The van der Waals surface area contributed by atoms with Crippen LogP contribution in [0, 0.1) is 0 Å². The van der Waals surface area contributed by atoms with Crippen LogP contribution < -0.4 is 0 Å². The lowest BCUT2D eigenvalue weighted by Gasteiger charge is -2.01. The molecule has 0 aliphatic rings. The molecule has 0 saturated heterocycles. The maximum Gasteiger partial charge on any atom is 0.335 e. The van der Waals surface area contributed by atoms with Crippen molar-refractivity contribution in [2.45, 2.75) is 0 Å². The van der Waals surface area contributed by atoms with Gasteiger partial charge in [0.05, 0.1) is 50.8 Å². The van der Waals surface area contributed by atoms with E-state index >= 15 is 0 Å². The van der Waals surface area contributed by atoms with Gasteiger partial charge in [-0.1, -0.05) is 0 Å². The van der Waals surface area contributed by atoms with Gasteiger partial charge in [-0.25, -0.2) is 9.59 Å². The normalized spacial score (nSPS) is 9.82. The molecule has 2 aromatic rings. The Labute approximate surface area is 192 Å². The molecular formula is C20H26O14. The molecule has 0 spiro atoms. The quantitative estimate of drug-likeness (QED) is 0.164. The fourth-order valence-electron chi connectivity index (χ4n) is 1.91. The fourth-order valence-corrected chi connectivity index (χ4v) is 1.91. The molecule has 0 saturated carbocycles. The molecule has 0 amide bonds. The van der Waals surface area contributed by atoms with Crippen molar-refractivity contribution in [2.24, 2.45) is 0 Å². The summed E-state index contributed by atoms with van der Waals surface area (Å²) in [5, 5.41) is 86.4. The zero-order chi connectivity index (χ0) is 26.3. The molecule has 0 aliphatic carbocycles. The summed E-state index contributed by atoms with van der Waals surface area (Å²) in [5.41, 5.74) is -0.578. The minimum absolute atomic E-state index is 0.0417. The van der Waals surface area contributed by atoms with Crippen molar-refractivity contribution in [1.82, 2.24) is 0 Å². The molecule has 2 rings (SSSR count). The molecule has 14 heteroatoms. The number of ether oxygens (including phenoxy) is 2. The Hall–Kier alpha value is -3.98. The van der Waals surface area contributed by atoms with E-state index in [1.54, 1.807) is 0 Å². The largest absolute Gasteiger partial charge is 0.504 e. The van der Waals surface area contributed by atoms with Crippen molar-refractivity contribution in [3.63, 3.8) is 0 Å². The zero-order valence-electron chi connectivity index (χ0n) is 17.7. The van der Waals surface area contributed by atoms with Gasteiger partial charge >= 0.3 is 11.9 Å². The molecule has 0 fully saturated rings. The first kappa shape index (κ1) is 30.0. The Balaban J connectivity index is 0.000000484. The van der Waals surface area contributed by atoms with Crippen LogP contribution in [0.25, 0.3) is 0 Å². The van der Waals surface area contributed by atoms with Crippen LogP contribution in [0.1, 0.15) is 20.7 Å². The summed E-state index contributed by atoms with van der Waals surface area (Å²) in [7, 11) is 0. The topological polar surface area (TPSA) is 255 Å². The van der Waals surface area contributed by atoms with Crippen LogP contribution in [0.4, 0.5) is 0 Å². The summed E-state index contributed by atoms with van der Waals surface area (Å²) in [4.78, 5) is 20.6. The van der Waals surface area contributed by atoms with Gasteiger partial charge in [-0.05, 0) is 24.3 Å². The highest BCUT2D eigenvalue weighted by atomic mass is 16.5. The van der Waals surface area contributed by atoms with Crippen molar-refractivity contribution < 1.29 is 70.1 Å². The molecule has 2 aromatic carbocycles. The number of carboxylic acid groups (broad SMARTS) is 2. The highest BCUT2D eigenvalue weighted by molar-refractivity contribution is 5.89. The number of phenolic OH excluding ortho intramolecular Hbond substituents is 6. The number of benzene rings is 2. The van der Waals surface area contributed by atoms with Crippen LogP contribution in [0.3, 0.4) is 0 Å². The van der Waals surface area contributed by atoms with Crippen LogP contribution >= 0.6 is 0 Å². The van der Waals surface area contributed by atoms with E-state index in [1.165, 1.54) is 0 Å². The Morgan fingerprint density at radius 1 is 0.559 bits per heavy atom. The van der Waals surface area contributed by atoms with E-state index in [1.807, 2.05) is 0 Å². The summed E-state index contributed by atoms with van der Waals surface area (Å²) >= 11 is 0. The molecule has 14 nitrogen and oxygen atoms in total. The first-order chi connectivity index (χ1) is 16.0. The third kappa shape index (κ3) is 11.1. The summed E-state index contributed by atoms with van der Waals surface area (Å²) in [6.45, 7) is 1.73. The van der Waals surface area contributed by atoms with Crippen LogP contribution in [-0.4, -0.2) is 103 Å². The van der Waals surface area contributed by atoms with E-state index in [0.717, 1.165) is 24.3 Å². The van der Waals surface area contributed by atoms with Gasteiger partial charge in [0.15, 0.2) is 34.5 Å². The average molecular weight is 490 g/mol. The Morgan fingerprint density at radius 3 is 1.03 bits per heavy atom. The molecule has 0 radical (unpaired) electrons. The first-order valence-electron chi connectivity index (χ1n) is 9.29. The van der Waals surface area contributed by atoms with Crippen molar-refractivity contribution in [3.05, 3.63) is 35.4 Å². The fraction of sp³-hybridized carbons (Fsp3) is 0.300. The Morgan fingerprint density at radius 2 is 0.824 bits per heavy atom. The summed E-state index contributed by atoms with van der Waals surface area (Å²) in [5.74, 6) is -6.67. The Bertz CT molecular complexity index is 806. The molecule has 10 N–H and O–H groups in total. The van der Waals surface area contributed by atoms with Crippen molar-refractivity contribution in [3.8, 4) is 34.5 Å². The number of hydrogen-bond acceptors (Lipinski definition) is 12. The molecule has 190 valence electrons. The number of hydrogen-bond donors (Lipinski definition) is 10. The zero-order valence-corrected chi connectivity index (χ0v) is 17.7. The van der Waals surface area contributed by atoms with E-state index in [0.29, 0.717) is 26.4 Å². The van der Waals surface area contributed by atoms with Crippen LogP contribution in [0.5, 0.6) is 34.5 Å². The van der Waals surface area contributed by atoms with Crippen molar-refractivity contribution >= 4 is 11.9 Å². The van der Waals surface area contributed by atoms with Crippen molar-refractivity contribution in [2.75, 3.05) is 39.6 Å². The molecular weight excluding hydrogens is 464 g/mol. The number of aliphatic hydroxyl groups excluding tert-OH is 2. The van der Waals surface area contributed by atoms with Gasteiger partial charge in [-0.15, -0.1) is 0 Å². The number of rotatable bonds is 9. The van der Waals surface area contributed by atoms with E-state index in [4.69, 9.17) is 60.5 Å². The highest BCUT2D eigenvalue weighted by Gasteiger charge is 2.12. The van der Waals surface area contributed by atoms with E-state index in [-0.39, 0.29) is 24.3 Å². The number of aliphatic hydroxyl groups is 2. The first-order valence-corrected chi connectivity index (χ1v) is 9.29. The third-order valence-corrected chi connectivity index (χ3v) is 3.48. The predicted molar refractivity (Wildman–Crippen MR) is 113 cm³/mol. The number of carboxylic acids is 2. The second-order valence-electron chi connectivity index (χ2n) is 6.01. The van der Waals surface area contributed by atoms with Gasteiger partial charge in [-0.2, -0.15) is 0 Å². The standard InChI is InChI=1S/2C7H6O5.C6H14O4/c2*8-4-1-3(7(11)12)2-5(9)6(4)10;7-1-3-9-5-6-10-4-2-8/h2*1-2,8-10H,(H,11,12);7-8H,1-6H2. The molecule has 0 bridgehead atoms. The van der Waals surface area contributed by atoms with Crippen LogP contribution in [0.2, 0.25) is 0 Å². The molecule has 0 heterocycles. The van der Waals surface area contributed by atoms with Crippen molar-refractivity contribution in [1.29, 1.82) is 0 Å².